The summed E-state index contributed by atoms with van der Waals surface area (Å²) in [6, 6.07) is 1.67. The number of aryl methyl sites for hydroxylation is 1. The zero-order chi connectivity index (χ0) is 19.4. The van der Waals surface area contributed by atoms with E-state index in [1.807, 2.05) is 6.92 Å². The van der Waals surface area contributed by atoms with E-state index in [4.69, 9.17) is 14.6 Å². The van der Waals surface area contributed by atoms with Crippen LogP contribution in [0.1, 0.15) is 83.3 Å². The maximum absolute atomic E-state index is 11.0. The number of hydrogen-bond acceptors (Lipinski definition) is 4. The number of ether oxygens (including phenoxy) is 2. The summed E-state index contributed by atoms with van der Waals surface area (Å²) in [6.45, 7) is 6.60. The number of benzene rings is 1. The number of rotatable bonds is 13. The zero-order valence-electron chi connectivity index (χ0n) is 16.5. The Bertz CT molecular complexity index is 554. The van der Waals surface area contributed by atoms with Gasteiger partial charge >= 0.3 is 6.16 Å². The van der Waals surface area contributed by atoms with Crippen LogP contribution in [0.15, 0.2) is 6.07 Å². The van der Waals surface area contributed by atoms with Gasteiger partial charge in [-0.1, -0.05) is 52.4 Å². The van der Waals surface area contributed by atoms with Gasteiger partial charge in [-0.15, -0.1) is 0 Å². The first-order valence-electron chi connectivity index (χ1n) is 9.96. The Morgan fingerprint density at radius 3 is 2.12 bits per heavy atom. The van der Waals surface area contributed by atoms with Gasteiger partial charge in [0.1, 0.15) is 0 Å². The van der Waals surface area contributed by atoms with E-state index in [0.717, 1.165) is 56.1 Å². The van der Waals surface area contributed by atoms with Crippen LogP contribution in [-0.4, -0.2) is 23.0 Å². The number of aromatic hydroxyl groups is 1. The average Bonchev–Trinajstić information content (AvgIpc) is 2.60. The highest BCUT2D eigenvalue weighted by atomic mass is 16.7. The van der Waals surface area contributed by atoms with Crippen molar-refractivity contribution in [2.75, 3.05) is 6.61 Å². The van der Waals surface area contributed by atoms with Gasteiger partial charge in [-0.2, -0.15) is 0 Å². The van der Waals surface area contributed by atoms with Gasteiger partial charge in [0, 0.05) is 5.56 Å². The standard InChI is InChI=1S/C21H34O5/c1-4-7-9-11-13-16-15-18(26-21(23)24)19(22)20(25-6-3)17(16)14-12-10-8-5-2/h15,22H,4-14H2,1-3H3,(H,23,24). The lowest BCUT2D eigenvalue weighted by Crippen LogP contribution is -2.08. The second kappa shape index (κ2) is 12.4. The van der Waals surface area contributed by atoms with Crippen LogP contribution in [0, 0.1) is 0 Å². The molecule has 5 heteroatoms. The monoisotopic (exact) mass is 366 g/mol. The van der Waals surface area contributed by atoms with Crippen LogP contribution in [-0.2, 0) is 12.8 Å². The first-order chi connectivity index (χ1) is 12.5. The fourth-order valence-corrected chi connectivity index (χ4v) is 3.15. The molecule has 0 aliphatic carbocycles. The summed E-state index contributed by atoms with van der Waals surface area (Å²) in [4.78, 5) is 11.0. The molecule has 0 aromatic heterocycles. The number of carbonyl (C=O) groups is 1. The molecule has 0 bridgehead atoms. The van der Waals surface area contributed by atoms with Crippen molar-refractivity contribution in [1.82, 2.24) is 0 Å². The molecule has 0 unspecified atom stereocenters. The van der Waals surface area contributed by atoms with E-state index in [1.54, 1.807) is 6.07 Å². The second-order valence-corrected chi connectivity index (χ2v) is 6.61. The van der Waals surface area contributed by atoms with E-state index in [0.29, 0.717) is 12.4 Å². The van der Waals surface area contributed by atoms with Crippen molar-refractivity contribution in [3.63, 3.8) is 0 Å². The van der Waals surface area contributed by atoms with Crippen LogP contribution in [0.25, 0.3) is 0 Å². The van der Waals surface area contributed by atoms with Gasteiger partial charge in [-0.3, -0.25) is 0 Å². The van der Waals surface area contributed by atoms with Crippen LogP contribution >= 0.6 is 0 Å². The lowest BCUT2D eigenvalue weighted by Gasteiger charge is -2.19. The van der Waals surface area contributed by atoms with Gasteiger partial charge in [-0.05, 0) is 44.2 Å². The number of unbranched alkanes of at least 4 members (excludes halogenated alkanes) is 6. The molecule has 0 radical (unpaired) electrons. The zero-order valence-corrected chi connectivity index (χ0v) is 16.5. The quantitative estimate of drug-likeness (QED) is 0.251. The number of carboxylic acid groups (broad SMARTS) is 1. The van der Waals surface area contributed by atoms with Crippen molar-refractivity contribution < 1.29 is 24.5 Å². The summed E-state index contributed by atoms with van der Waals surface area (Å²) in [5, 5.41) is 19.4. The smallest absolute Gasteiger partial charge is 0.502 e. The molecular weight excluding hydrogens is 332 g/mol. The van der Waals surface area contributed by atoms with Crippen molar-refractivity contribution in [2.24, 2.45) is 0 Å². The summed E-state index contributed by atoms with van der Waals surface area (Å²) < 4.78 is 10.5. The first-order valence-corrected chi connectivity index (χ1v) is 9.96. The molecule has 1 rings (SSSR count). The van der Waals surface area contributed by atoms with E-state index in [9.17, 15) is 9.90 Å². The molecule has 0 saturated heterocycles. The molecule has 1 aromatic rings. The van der Waals surface area contributed by atoms with Crippen molar-refractivity contribution in [3.8, 4) is 17.2 Å². The average molecular weight is 366 g/mol. The van der Waals surface area contributed by atoms with E-state index >= 15 is 0 Å². The Morgan fingerprint density at radius 1 is 0.962 bits per heavy atom. The summed E-state index contributed by atoms with van der Waals surface area (Å²) >= 11 is 0. The Morgan fingerprint density at radius 2 is 1.58 bits per heavy atom. The highest BCUT2D eigenvalue weighted by molar-refractivity contribution is 5.66. The van der Waals surface area contributed by atoms with Crippen molar-refractivity contribution in [3.05, 3.63) is 17.2 Å². The van der Waals surface area contributed by atoms with Gasteiger partial charge in [0.15, 0.2) is 11.5 Å². The van der Waals surface area contributed by atoms with E-state index in [-0.39, 0.29) is 11.5 Å². The number of phenols is 1. The highest BCUT2D eigenvalue weighted by Crippen LogP contribution is 2.42. The predicted octanol–water partition coefficient (Wildman–Crippen LogP) is 6.09. The first kappa shape index (κ1) is 22.1. The minimum absolute atomic E-state index is 0.0382. The van der Waals surface area contributed by atoms with Gasteiger partial charge in [0.25, 0.3) is 0 Å². The topological polar surface area (TPSA) is 76.0 Å². The molecule has 0 atom stereocenters. The van der Waals surface area contributed by atoms with E-state index in [1.165, 1.54) is 19.3 Å². The molecule has 26 heavy (non-hydrogen) atoms. The Hall–Kier alpha value is -1.91. The van der Waals surface area contributed by atoms with Crippen molar-refractivity contribution >= 4 is 6.16 Å². The van der Waals surface area contributed by atoms with Crippen LogP contribution in [0.2, 0.25) is 0 Å². The van der Waals surface area contributed by atoms with Crippen molar-refractivity contribution in [2.45, 2.75) is 85.0 Å². The third kappa shape index (κ3) is 7.14. The molecule has 0 heterocycles. The number of phenolic OH excluding ortho intramolecular Hbond substituents is 1. The lowest BCUT2D eigenvalue weighted by molar-refractivity contribution is 0.142. The number of hydrogen-bond donors (Lipinski definition) is 2. The van der Waals surface area contributed by atoms with Crippen LogP contribution in [0.4, 0.5) is 4.79 Å². The second-order valence-electron chi connectivity index (χ2n) is 6.61. The largest absolute Gasteiger partial charge is 0.511 e. The molecular formula is C21H34O5. The fraction of sp³-hybridized carbons (Fsp3) is 0.667. The minimum Gasteiger partial charge on any atom is -0.502 e. The molecule has 0 amide bonds. The maximum atomic E-state index is 11.0. The molecule has 0 aliphatic rings. The molecule has 0 fully saturated rings. The van der Waals surface area contributed by atoms with E-state index < -0.39 is 6.16 Å². The Balaban J connectivity index is 3.15. The van der Waals surface area contributed by atoms with Crippen LogP contribution < -0.4 is 9.47 Å². The molecule has 0 saturated carbocycles. The van der Waals surface area contributed by atoms with Gasteiger partial charge in [0.05, 0.1) is 6.61 Å². The molecule has 1 aromatic carbocycles. The third-order valence-corrected chi connectivity index (χ3v) is 4.48. The third-order valence-electron chi connectivity index (χ3n) is 4.48. The summed E-state index contributed by atoms with van der Waals surface area (Å²) in [7, 11) is 0. The Labute approximate surface area is 157 Å². The lowest BCUT2D eigenvalue weighted by atomic mass is 9.94. The van der Waals surface area contributed by atoms with Gasteiger partial charge in [0.2, 0.25) is 5.75 Å². The molecule has 5 nitrogen and oxygen atoms in total. The normalized spacial score (nSPS) is 10.7. The predicted molar refractivity (Wildman–Crippen MR) is 104 cm³/mol. The van der Waals surface area contributed by atoms with Gasteiger partial charge < -0.3 is 19.7 Å². The maximum Gasteiger partial charge on any atom is 0.511 e. The molecule has 2 N–H and O–H groups in total. The van der Waals surface area contributed by atoms with E-state index in [2.05, 4.69) is 13.8 Å². The fourth-order valence-electron chi connectivity index (χ4n) is 3.15. The van der Waals surface area contributed by atoms with Crippen LogP contribution in [0.5, 0.6) is 17.2 Å². The minimum atomic E-state index is -1.43. The van der Waals surface area contributed by atoms with Gasteiger partial charge in [-0.25, -0.2) is 4.79 Å². The summed E-state index contributed by atoms with van der Waals surface area (Å²) in [5.74, 6) is 0.133. The molecule has 0 spiro atoms. The molecule has 148 valence electrons. The highest BCUT2D eigenvalue weighted by Gasteiger charge is 2.21. The molecule has 0 aliphatic heterocycles. The van der Waals surface area contributed by atoms with Crippen molar-refractivity contribution in [1.29, 1.82) is 0 Å². The summed E-state index contributed by atoms with van der Waals surface area (Å²) in [5.41, 5.74) is 2.02. The SMILES string of the molecule is CCCCCCc1cc(OC(=O)O)c(O)c(OCC)c1CCCCCC. The Kier molecular flexibility index (Phi) is 10.6. The summed E-state index contributed by atoms with van der Waals surface area (Å²) in [6.07, 6.45) is 9.22. The van der Waals surface area contributed by atoms with Crippen LogP contribution in [0.3, 0.4) is 0 Å².